The van der Waals surface area contributed by atoms with E-state index in [9.17, 15) is 17.7 Å². The molecule has 0 radical (unpaired) electrons. The average Bonchev–Trinajstić information content (AvgIpc) is 2.81. The third-order valence-corrected chi connectivity index (χ3v) is 7.22. The number of hydrogen-bond acceptors (Lipinski definition) is 5. The molecule has 0 spiro atoms. The molecule has 1 N–H and O–H groups in total. The molecule has 0 amide bonds. The van der Waals surface area contributed by atoms with Crippen molar-refractivity contribution in [3.05, 3.63) is 76.5 Å². The molecule has 0 atom stereocenters. The summed E-state index contributed by atoms with van der Waals surface area (Å²) in [6, 6.07) is 7.05. The standard InChI is InChI=1S/C25H23ClF3N4OP/c1-14-22(26)24(30-9-5-7-15-6-4-8-19(27)23(15)29)18-10-17(20(28)11-21(18)33-14)16-12-31-25(32-13-16)35(2,3)34/h4,6,8,10-13H,5,7,9H2,1-3H3,(H,30,33). The van der Waals surface area contributed by atoms with Crippen LogP contribution in [-0.2, 0) is 11.0 Å². The fraction of sp³-hybridized carbons (Fsp3) is 0.240. The molecule has 0 bridgehead atoms. The van der Waals surface area contributed by atoms with Crippen molar-refractivity contribution in [2.75, 3.05) is 25.2 Å². The fourth-order valence-electron chi connectivity index (χ4n) is 3.75. The zero-order valence-corrected chi connectivity index (χ0v) is 21.0. The van der Waals surface area contributed by atoms with Crippen LogP contribution in [0, 0.1) is 24.4 Å². The van der Waals surface area contributed by atoms with Gasteiger partial charge in [-0.25, -0.2) is 23.1 Å². The Morgan fingerprint density at radius 2 is 1.77 bits per heavy atom. The molecule has 35 heavy (non-hydrogen) atoms. The predicted octanol–water partition coefficient (Wildman–Crippen LogP) is 6.36. The summed E-state index contributed by atoms with van der Waals surface area (Å²) >= 11 is 6.54. The van der Waals surface area contributed by atoms with Gasteiger partial charge in [-0.3, -0.25) is 4.98 Å². The zero-order chi connectivity index (χ0) is 25.3. The Balaban J connectivity index is 1.64. The topological polar surface area (TPSA) is 67.8 Å². The fourth-order valence-corrected chi connectivity index (χ4v) is 4.63. The number of pyridine rings is 1. The minimum Gasteiger partial charge on any atom is -0.383 e. The number of nitrogens with one attached hydrogen (secondary N) is 1. The number of hydrogen-bond donors (Lipinski definition) is 1. The van der Waals surface area contributed by atoms with E-state index in [0.29, 0.717) is 57.8 Å². The molecule has 0 aliphatic rings. The number of benzene rings is 2. The molecule has 0 aliphatic heterocycles. The van der Waals surface area contributed by atoms with Crippen LogP contribution in [-0.4, -0.2) is 34.8 Å². The molecule has 0 saturated heterocycles. The largest absolute Gasteiger partial charge is 0.383 e. The number of anilines is 1. The Morgan fingerprint density at radius 3 is 2.46 bits per heavy atom. The van der Waals surface area contributed by atoms with E-state index in [1.165, 1.54) is 24.5 Å². The van der Waals surface area contributed by atoms with E-state index in [1.54, 1.807) is 32.4 Å². The number of nitrogens with zero attached hydrogens (tertiary/aromatic N) is 3. The van der Waals surface area contributed by atoms with Crippen LogP contribution in [0.15, 0.2) is 42.7 Å². The summed E-state index contributed by atoms with van der Waals surface area (Å²) in [5.41, 5.74) is 2.70. The van der Waals surface area contributed by atoms with Crippen LogP contribution >= 0.6 is 18.7 Å². The van der Waals surface area contributed by atoms with Crippen molar-refractivity contribution >= 4 is 40.9 Å². The summed E-state index contributed by atoms with van der Waals surface area (Å²) in [6.45, 7) is 5.27. The first-order chi connectivity index (χ1) is 16.6. The minimum atomic E-state index is -2.64. The van der Waals surface area contributed by atoms with Crippen LogP contribution in [0.1, 0.15) is 17.7 Å². The van der Waals surface area contributed by atoms with Crippen LogP contribution in [0.3, 0.4) is 0 Å². The van der Waals surface area contributed by atoms with Gasteiger partial charge in [0.15, 0.2) is 17.2 Å². The third-order valence-electron chi connectivity index (χ3n) is 5.57. The Kier molecular flexibility index (Phi) is 7.15. The Morgan fingerprint density at radius 1 is 1.06 bits per heavy atom. The lowest BCUT2D eigenvalue weighted by Gasteiger charge is -2.15. The molecule has 2 aromatic heterocycles. The Hall–Kier alpha value is -2.96. The Bertz CT molecular complexity index is 1460. The number of aromatic nitrogens is 3. The third kappa shape index (κ3) is 5.34. The molecule has 0 fully saturated rings. The maximum atomic E-state index is 15.0. The van der Waals surface area contributed by atoms with Crippen molar-refractivity contribution in [3.8, 4) is 11.1 Å². The number of halogens is 4. The first-order valence-corrected chi connectivity index (χ1v) is 13.9. The van der Waals surface area contributed by atoms with Gasteiger partial charge < -0.3 is 9.88 Å². The number of rotatable bonds is 7. The molecule has 182 valence electrons. The quantitative estimate of drug-likeness (QED) is 0.228. The molecule has 10 heteroatoms. The molecule has 2 aromatic carbocycles. The smallest absolute Gasteiger partial charge is 0.188 e. The second kappa shape index (κ2) is 9.96. The molecule has 0 unspecified atom stereocenters. The minimum absolute atomic E-state index is 0.222. The van der Waals surface area contributed by atoms with Gasteiger partial charge in [-0.15, -0.1) is 0 Å². The van der Waals surface area contributed by atoms with Crippen LogP contribution < -0.4 is 10.9 Å². The van der Waals surface area contributed by atoms with Crippen LogP contribution in [0.2, 0.25) is 5.02 Å². The van der Waals surface area contributed by atoms with Crippen LogP contribution in [0.5, 0.6) is 0 Å². The maximum absolute atomic E-state index is 15.0. The van der Waals surface area contributed by atoms with Crippen molar-refractivity contribution in [2.24, 2.45) is 0 Å². The van der Waals surface area contributed by atoms with Crippen molar-refractivity contribution in [3.63, 3.8) is 0 Å². The van der Waals surface area contributed by atoms with E-state index in [-0.39, 0.29) is 11.1 Å². The molecule has 2 heterocycles. The molecule has 0 aliphatic carbocycles. The summed E-state index contributed by atoms with van der Waals surface area (Å²) in [7, 11) is -2.64. The predicted molar refractivity (Wildman–Crippen MR) is 135 cm³/mol. The summed E-state index contributed by atoms with van der Waals surface area (Å²) in [4.78, 5) is 12.7. The number of aryl methyl sites for hydroxylation is 2. The normalized spacial score (nSPS) is 11.7. The lowest BCUT2D eigenvalue weighted by atomic mass is 10.0. The van der Waals surface area contributed by atoms with Crippen LogP contribution in [0.4, 0.5) is 18.9 Å². The van der Waals surface area contributed by atoms with Gasteiger partial charge >= 0.3 is 0 Å². The van der Waals surface area contributed by atoms with Gasteiger partial charge in [-0.1, -0.05) is 23.7 Å². The van der Waals surface area contributed by atoms with Gasteiger partial charge in [-0.2, -0.15) is 0 Å². The van der Waals surface area contributed by atoms with Crippen molar-refractivity contribution in [1.29, 1.82) is 0 Å². The highest BCUT2D eigenvalue weighted by Gasteiger charge is 2.18. The molecule has 4 rings (SSSR count). The Labute approximate surface area is 206 Å². The lowest BCUT2D eigenvalue weighted by Crippen LogP contribution is -2.12. The molecule has 0 saturated carbocycles. The van der Waals surface area contributed by atoms with E-state index < -0.39 is 24.6 Å². The highest BCUT2D eigenvalue weighted by atomic mass is 35.5. The summed E-state index contributed by atoms with van der Waals surface area (Å²) in [5, 5.41) is 4.23. The van der Waals surface area contributed by atoms with Gasteiger partial charge in [0.1, 0.15) is 13.0 Å². The average molecular weight is 519 g/mol. The second-order valence-corrected chi connectivity index (χ2v) is 12.1. The van der Waals surface area contributed by atoms with Gasteiger partial charge in [0, 0.05) is 41.5 Å². The van der Waals surface area contributed by atoms with E-state index in [4.69, 9.17) is 11.6 Å². The van der Waals surface area contributed by atoms with E-state index in [2.05, 4.69) is 20.3 Å². The van der Waals surface area contributed by atoms with Crippen molar-refractivity contribution in [1.82, 2.24) is 15.0 Å². The van der Waals surface area contributed by atoms with Gasteiger partial charge in [-0.05, 0) is 50.8 Å². The molecule has 5 nitrogen and oxygen atoms in total. The van der Waals surface area contributed by atoms with Gasteiger partial charge in [0.2, 0.25) is 0 Å². The number of fused-ring (bicyclic) bond motifs is 1. The monoisotopic (exact) mass is 518 g/mol. The van der Waals surface area contributed by atoms with Gasteiger partial charge in [0.25, 0.3) is 0 Å². The van der Waals surface area contributed by atoms with Crippen LogP contribution in [0.25, 0.3) is 22.0 Å². The lowest BCUT2D eigenvalue weighted by molar-refractivity contribution is 0.497. The second-order valence-electron chi connectivity index (χ2n) is 8.60. The van der Waals surface area contributed by atoms with Gasteiger partial charge in [0.05, 0.1) is 21.9 Å². The SMILES string of the molecule is Cc1nc2cc(F)c(-c3cnc(P(C)(C)=O)nc3)cc2c(NCCCc2cccc(F)c2F)c1Cl. The van der Waals surface area contributed by atoms with E-state index >= 15 is 0 Å². The first kappa shape index (κ1) is 25.1. The highest BCUT2D eigenvalue weighted by Crippen LogP contribution is 2.37. The highest BCUT2D eigenvalue weighted by molar-refractivity contribution is 7.69. The zero-order valence-electron chi connectivity index (χ0n) is 19.4. The van der Waals surface area contributed by atoms with Crippen molar-refractivity contribution in [2.45, 2.75) is 19.8 Å². The summed E-state index contributed by atoms with van der Waals surface area (Å²) in [6.07, 6.45) is 3.72. The summed E-state index contributed by atoms with van der Waals surface area (Å²) < 4.78 is 54.6. The van der Waals surface area contributed by atoms with Crippen molar-refractivity contribution < 1.29 is 17.7 Å². The van der Waals surface area contributed by atoms with E-state index in [0.717, 1.165) is 6.07 Å². The van der Waals surface area contributed by atoms with E-state index in [1.807, 2.05) is 0 Å². The molecular formula is C25H23ClF3N4OP. The molecular weight excluding hydrogens is 496 g/mol. The molecule has 4 aromatic rings. The first-order valence-electron chi connectivity index (χ1n) is 10.9. The summed E-state index contributed by atoms with van der Waals surface area (Å²) in [5.74, 6) is -2.22. The maximum Gasteiger partial charge on any atom is 0.188 e.